The molecule has 1 N–H and O–H groups in total. The first-order chi connectivity index (χ1) is 12.1. The van der Waals surface area contributed by atoms with E-state index < -0.39 is 18.0 Å². The molecule has 26 heavy (non-hydrogen) atoms. The van der Waals surface area contributed by atoms with Gasteiger partial charge in [-0.15, -0.1) is 0 Å². The van der Waals surface area contributed by atoms with Crippen LogP contribution in [0.2, 0.25) is 0 Å². The zero-order chi connectivity index (χ0) is 18.8. The number of hydrogen-bond donors (Lipinski definition) is 1. The van der Waals surface area contributed by atoms with Gasteiger partial charge in [-0.05, 0) is 39.0 Å². The number of unbranched alkanes of at least 4 members (excludes halogenated alkanes) is 11. The summed E-state index contributed by atoms with van der Waals surface area (Å²) in [5.41, 5.74) is 0. The smallest absolute Gasteiger partial charge is 0.344 e. The molecule has 5 heteroatoms. The van der Waals surface area contributed by atoms with Crippen LogP contribution in [-0.2, 0) is 14.3 Å². The van der Waals surface area contributed by atoms with Crippen molar-refractivity contribution in [3.05, 3.63) is 12.2 Å². The van der Waals surface area contributed by atoms with E-state index in [2.05, 4.69) is 19.1 Å². The molecule has 0 heterocycles. The molecule has 1 atom stereocenters. The van der Waals surface area contributed by atoms with Crippen molar-refractivity contribution in [2.75, 3.05) is 0 Å². The number of esters is 1. The van der Waals surface area contributed by atoms with Crippen molar-refractivity contribution in [3.63, 3.8) is 0 Å². The van der Waals surface area contributed by atoms with Gasteiger partial charge < -0.3 is 9.84 Å². The molecule has 1 radical (unpaired) electrons. The Bertz CT molecular complexity index is 369. The zero-order valence-electron chi connectivity index (χ0n) is 17.3. The molecule has 4 nitrogen and oxygen atoms in total. The predicted octanol–water partition coefficient (Wildman–Crippen LogP) is 5.66. The first-order valence-corrected chi connectivity index (χ1v) is 10.1. The first kappa shape index (κ1) is 27.9. The van der Waals surface area contributed by atoms with Crippen LogP contribution in [0.5, 0.6) is 0 Å². The van der Waals surface area contributed by atoms with E-state index in [4.69, 9.17) is 9.84 Å². The Kier molecular flexibility index (Phi) is 22.5. The van der Waals surface area contributed by atoms with Crippen LogP contribution in [0.1, 0.15) is 104 Å². The van der Waals surface area contributed by atoms with Gasteiger partial charge in [0.15, 0.2) is 6.10 Å². The topological polar surface area (TPSA) is 63.6 Å². The molecule has 0 rings (SSSR count). The Hall–Kier alpha value is -0.320. The van der Waals surface area contributed by atoms with Crippen LogP contribution >= 0.6 is 0 Å². The van der Waals surface area contributed by atoms with Gasteiger partial charge in [0, 0.05) is 36.0 Å². The van der Waals surface area contributed by atoms with Crippen molar-refractivity contribution in [2.24, 2.45) is 0 Å². The van der Waals surface area contributed by atoms with Crippen molar-refractivity contribution in [3.8, 4) is 0 Å². The molecule has 0 saturated heterocycles. The minimum Gasteiger partial charge on any atom is -0.479 e. The number of carboxylic acids is 1. The van der Waals surface area contributed by atoms with Crippen LogP contribution in [0.4, 0.5) is 0 Å². The van der Waals surface area contributed by atoms with E-state index in [0.717, 1.165) is 25.7 Å². The normalized spacial score (nSPS) is 11.9. The summed E-state index contributed by atoms with van der Waals surface area (Å²) in [6.45, 7) is 3.62. The van der Waals surface area contributed by atoms with Gasteiger partial charge in [0.25, 0.3) is 0 Å². The van der Waals surface area contributed by atoms with E-state index in [1.165, 1.54) is 64.7 Å². The number of hydrogen-bond acceptors (Lipinski definition) is 3. The second-order valence-electron chi connectivity index (χ2n) is 6.80. The van der Waals surface area contributed by atoms with Gasteiger partial charge >= 0.3 is 11.9 Å². The molecular formula is C21H38NaO4. The molecule has 0 aliphatic rings. The van der Waals surface area contributed by atoms with Gasteiger partial charge in [-0.3, -0.25) is 4.79 Å². The summed E-state index contributed by atoms with van der Waals surface area (Å²) in [6.07, 6.45) is 19.7. The van der Waals surface area contributed by atoms with Crippen molar-refractivity contribution in [2.45, 2.75) is 110 Å². The van der Waals surface area contributed by atoms with E-state index in [1.54, 1.807) is 0 Å². The fourth-order valence-corrected chi connectivity index (χ4v) is 2.65. The second kappa shape index (κ2) is 21.0. The molecule has 0 aromatic carbocycles. The Morgan fingerprint density at radius 2 is 1.31 bits per heavy atom. The summed E-state index contributed by atoms with van der Waals surface area (Å²) in [7, 11) is 0. The summed E-state index contributed by atoms with van der Waals surface area (Å²) in [6, 6.07) is 0. The average Bonchev–Trinajstić information content (AvgIpc) is 2.58. The van der Waals surface area contributed by atoms with E-state index in [9.17, 15) is 9.59 Å². The number of carboxylic acid groups (broad SMARTS) is 1. The molecule has 147 valence electrons. The maximum absolute atomic E-state index is 11.4. The molecule has 0 aliphatic heterocycles. The van der Waals surface area contributed by atoms with E-state index in [0.29, 0.717) is 6.42 Å². The largest absolute Gasteiger partial charge is 0.479 e. The number of carbonyl (C=O) groups excluding carboxylic acids is 1. The van der Waals surface area contributed by atoms with Crippen molar-refractivity contribution in [1.29, 1.82) is 0 Å². The third-order valence-electron chi connectivity index (χ3n) is 4.30. The van der Waals surface area contributed by atoms with Crippen LogP contribution in [0.25, 0.3) is 0 Å². The standard InChI is InChI=1S/C21H38O4.Na/c1-3-4-5-6-7-8-9-10-11-12-13-14-15-16-17-18-20(22)25-19(2)21(23)24;/h10-11,19H,3-9,12-18H2,1-2H3,(H,23,24);/b11-10-;. The Labute approximate surface area is 182 Å². The summed E-state index contributed by atoms with van der Waals surface area (Å²) < 4.78 is 4.78. The molecule has 0 amide bonds. The maximum atomic E-state index is 11.4. The zero-order valence-corrected chi connectivity index (χ0v) is 19.3. The SMILES string of the molecule is CCCCCCCC/C=C\CCCCCCCC(=O)OC(C)C(=O)O.[Na]. The van der Waals surface area contributed by atoms with E-state index in [-0.39, 0.29) is 29.6 Å². The number of ether oxygens (including phenoxy) is 1. The minimum absolute atomic E-state index is 0. The first-order valence-electron chi connectivity index (χ1n) is 10.1. The summed E-state index contributed by atoms with van der Waals surface area (Å²) in [5, 5.41) is 8.65. The molecule has 1 unspecified atom stereocenters. The van der Waals surface area contributed by atoms with Crippen LogP contribution in [-0.4, -0.2) is 52.7 Å². The number of rotatable bonds is 17. The average molecular weight is 378 g/mol. The third kappa shape index (κ3) is 20.0. The van der Waals surface area contributed by atoms with Gasteiger partial charge in [0.1, 0.15) is 0 Å². The predicted molar refractivity (Wildman–Crippen MR) is 108 cm³/mol. The number of aliphatic carboxylic acids is 1. The summed E-state index contributed by atoms with van der Waals surface area (Å²) >= 11 is 0. The van der Waals surface area contributed by atoms with Crippen molar-refractivity contribution < 1.29 is 19.4 Å². The van der Waals surface area contributed by atoms with Gasteiger partial charge in [-0.25, -0.2) is 4.79 Å². The van der Waals surface area contributed by atoms with Crippen molar-refractivity contribution >= 4 is 41.5 Å². The Morgan fingerprint density at radius 1 is 0.846 bits per heavy atom. The fraction of sp³-hybridized carbons (Fsp3) is 0.810. The maximum Gasteiger partial charge on any atom is 0.344 e. The molecule has 0 bridgehead atoms. The Balaban J connectivity index is 0. The summed E-state index contributed by atoms with van der Waals surface area (Å²) in [4.78, 5) is 22.0. The number of allylic oxidation sites excluding steroid dienone is 2. The minimum atomic E-state index is -1.10. The van der Waals surface area contributed by atoms with Crippen LogP contribution in [0, 0.1) is 0 Å². The molecule has 0 aliphatic carbocycles. The Morgan fingerprint density at radius 3 is 1.81 bits per heavy atom. The molecule has 0 fully saturated rings. The van der Waals surface area contributed by atoms with E-state index in [1.807, 2.05) is 0 Å². The fourth-order valence-electron chi connectivity index (χ4n) is 2.65. The van der Waals surface area contributed by atoms with E-state index >= 15 is 0 Å². The van der Waals surface area contributed by atoms with Crippen LogP contribution in [0.15, 0.2) is 12.2 Å². The second-order valence-corrected chi connectivity index (χ2v) is 6.80. The van der Waals surface area contributed by atoms with Crippen LogP contribution in [0.3, 0.4) is 0 Å². The van der Waals surface area contributed by atoms with Gasteiger partial charge in [0.05, 0.1) is 0 Å². The molecule has 0 spiro atoms. The number of carbonyl (C=O) groups is 2. The molecule has 0 aromatic heterocycles. The van der Waals surface area contributed by atoms with Gasteiger partial charge in [-0.1, -0.05) is 70.4 Å². The molecule has 0 aromatic rings. The van der Waals surface area contributed by atoms with Crippen molar-refractivity contribution in [1.82, 2.24) is 0 Å². The monoisotopic (exact) mass is 377 g/mol. The quantitative estimate of drug-likeness (QED) is 0.154. The van der Waals surface area contributed by atoms with Gasteiger partial charge in [0.2, 0.25) is 0 Å². The van der Waals surface area contributed by atoms with Gasteiger partial charge in [-0.2, -0.15) is 0 Å². The third-order valence-corrected chi connectivity index (χ3v) is 4.30. The molecule has 0 saturated carbocycles. The molecular weight excluding hydrogens is 339 g/mol. The van der Waals surface area contributed by atoms with Crippen LogP contribution < -0.4 is 0 Å². The summed E-state index contributed by atoms with van der Waals surface area (Å²) in [5.74, 6) is -1.51.